The number of anilines is 1. The van der Waals surface area contributed by atoms with Gasteiger partial charge in [-0.25, -0.2) is 4.98 Å². The molecule has 0 N–H and O–H groups in total. The Hall–Kier alpha value is -2.29. The molecule has 5 aliphatic rings. The van der Waals surface area contributed by atoms with Gasteiger partial charge >= 0.3 is 0 Å². The molecule has 3 nitrogen and oxygen atoms in total. The van der Waals surface area contributed by atoms with Gasteiger partial charge in [0.25, 0.3) is 0 Å². The van der Waals surface area contributed by atoms with Gasteiger partial charge in [-0.05, 0) is 93.4 Å². The molecule has 3 heterocycles. The lowest BCUT2D eigenvalue weighted by atomic mass is 9.48. The summed E-state index contributed by atoms with van der Waals surface area (Å²) in [5.41, 5.74) is 5.02. The zero-order valence-electron chi connectivity index (χ0n) is 17.3. The van der Waals surface area contributed by atoms with Gasteiger partial charge in [-0.15, -0.1) is 0 Å². The van der Waals surface area contributed by atoms with E-state index in [0.717, 1.165) is 17.5 Å². The molecular weight excluding hydrogens is 356 g/mol. The van der Waals surface area contributed by atoms with E-state index in [1.165, 1.54) is 60.1 Å². The second kappa shape index (κ2) is 5.44. The molecule has 8 rings (SSSR count). The number of hydrogen-bond donors (Lipinski definition) is 0. The monoisotopic (exact) mass is 384 g/mol. The minimum Gasteiger partial charge on any atom is -0.440 e. The number of furan rings is 1. The highest BCUT2D eigenvalue weighted by molar-refractivity contribution is 5.83. The fourth-order valence-corrected chi connectivity index (χ4v) is 8.13. The number of fused-ring (bicyclic) bond motifs is 3. The second-order valence-electron chi connectivity index (χ2n) is 10.2. The molecule has 1 aromatic carbocycles. The standard InChI is InChI=1S/C26H28N2O/c1-15-6-3-4-8-22(15)28-16(2)23-21-7-5-9-27-25(21)29-24(23)26(28)19-11-17-10-18(13-19)14-20(26)12-17/h3-9,16-20H,10-14H2,1-2H3/t16-,17?,18?,19?,20?,26?/m0/s1. The SMILES string of the molecule is Cc1ccccc1N1[C@@H](C)c2c(oc3ncccc23)C12C1CC3CC(C1)CC2C3. The lowest BCUT2D eigenvalue weighted by Gasteiger charge is -2.63. The summed E-state index contributed by atoms with van der Waals surface area (Å²) in [6, 6.07) is 13.6. The smallest absolute Gasteiger partial charge is 0.226 e. The third-order valence-corrected chi connectivity index (χ3v) is 8.83. The molecule has 0 amide bonds. The second-order valence-corrected chi connectivity index (χ2v) is 10.2. The van der Waals surface area contributed by atoms with Gasteiger partial charge in [0.15, 0.2) is 0 Å². The fourth-order valence-electron chi connectivity index (χ4n) is 8.13. The summed E-state index contributed by atoms with van der Waals surface area (Å²) in [5, 5.41) is 1.22. The van der Waals surface area contributed by atoms with Crippen LogP contribution < -0.4 is 4.90 Å². The molecule has 148 valence electrons. The summed E-state index contributed by atoms with van der Waals surface area (Å²) < 4.78 is 6.70. The maximum Gasteiger partial charge on any atom is 0.226 e. The first kappa shape index (κ1) is 16.5. The Morgan fingerprint density at radius 3 is 2.41 bits per heavy atom. The normalized spacial score (nSPS) is 37.0. The summed E-state index contributed by atoms with van der Waals surface area (Å²) in [6.45, 7) is 4.67. The quantitative estimate of drug-likeness (QED) is 0.488. The van der Waals surface area contributed by atoms with Crippen LogP contribution in [0.5, 0.6) is 0 Å². The molecule has 0 saturated heterocycles. The highest BCUT2D eigenvalue weighted by atomic mass is 16.3. The number of pyridine rings is 1. The van der Waals surface area contributed by atoms with E-state index in [2.05, 4.69) is 60.1 Å². The van der Waals surface area contributed by atoms with Crippen LogP contribution in [0.4, 0.5) is 5.69 Å². The molecule has 2 aromatic heterocycles. The number of benzene rings is 1. The zero-order valence-corrected chi connectivity index (χ0v) is 17.3. The minimum absolute atomic E-state index is 0.00891. The van der Waals surface area contributed by atoms with E-state index in [1.807, 2.05) is 6.20 Å². The molecule has 0 radical (unpaired) electrons. The van der Waals surface area contributed by atoms with Crippen molar-refractivity contribution in [1.82, 2.24) is 4.98 Å². The van der Waals surface area contributed by atoms with Crippen molar-refractivity contribution in [2.24, 2.45) is 23.7 Å². The van der Waals surface area contributed by atoms with Crippen LogP contribution in [0.3, 0.4) is 0 Å². The van der Waals surface area contributed by atoms with Crippen molar-refractivity contribution in [2.75, 3.05) is 4.90 Å². The van der Waals surface area contributed by atoms with Crippen LogP contribution in [-0.2, 0) is 5.54 Å². The molecule has 0 unspecified atom stereocenters. The Kier molecular flexibility index (Phi) is 3.10. The van der Waals surface area contributed by atoms with Crippen LogP contribution in [0.1, 0.15) is 62.0 Å². The maximum absolute atomic E-state index is 6.70. The van der Waals surface area contributed by atoms with E-state index in [-0.39, 0.29) is 5.54 Å². The molecule has 1 spiro atoms. The molecule has 29 heavy (non-hydrogen) atoms. The lowest BCUT2D eigenvalue weighted by Crippen LogP contribution is -2.62. The van der Waals surface area contributed by atoms with Crippen molar-refractivity contribution in [3.8, 4) is 0 Å². The molecule has 4 saturated carbocycles. The minimum atomic E-state index is 0.00891. The predicted molar refractivity (Wildman–Crippen MR) is 115 cm³/mol. The zero-order chi connectivity index (χ0) is 19.3. The summed E-state index contributed by atoms with van der Waals surface area (Å²) in [7, 11) is 0. The van der Waals surface area contributed by atoms with Gasteiger partial charge in [-0.1, -0.05) is 18.2 Å². The van der Waals surface area contributed by atoms with Crippen LogP contribution in [0.2, 0.25) is 0 Å². The largest absolute Gasteiger partial charge is 0.440 e. The Labute approximate surface area is 172 Å². The molecular formula is C26H28N2O. The Morgan fingerprint density at radius 2 is 1.69 bits per heavy atom. The van der Waals surface area contributed by atoms with Crippen LogP contribution >= 0.6 is 0 Å². The van der Waals surface area contributed by atoms with E-state index >= 15 is 0 Å². The summed E-state index contributed by atoms with van der Waals surface area (Å²) >= 11 is 0. The molecule has 4 bridgehead atoms. The van der Waals surface area contributed by atoms with Crippen molar-refractivity contribution in [1.29, 1.82) is 0 Å². The fraction of sp³-hybridized carbons (Fsp3) is 0.500. The van der Waals surface area contributed by atoms with E-state index < -0.39 is 0 Å². The number of nitrogens with zero attached hydrogens (tertiary/aromatic N) is 2. The van der Waals surface area contributed by atoms with Crippen molar-refractivity contribution in [3.05, 3.63) is 59.5 Å². The van der Waals surface area contributed by atoms with E-state index in [0.29, 0.717) is 17.9 Å². The average molecular weight is 385 g/mol. The molecule has 1 atom stereocenters. The van der Waals surface area contributed by atoms with Gasteiger partial charge in [0.2, 0.25) is 5.71 Å². The lowest BCUT2D eigenvalue weighted by molar-refractivity contribution is -0.0679. The van der Waals surface area contributed by atoms with Crippen LogP contribution in [0.15, 0.2) is 47.0 Å². The van der Waals surface area contributed by atoms with E-state index in [1.54, 1.807) is 0 Å². The van der Waals surface area contributed by atoms with Gasteiger partial charge < -0.3 is 9.32 Å². The third-order valence-electron chi connectivity index (χ3n) is 8.83. The molecule has 3 aromatic rings. The molecule has 4 fully saturated rings. The summed E-state index contributed by atoms with van der Waals surface area (Å²) in [6.07, 6.45) is 8.81. The predicted octanol–water partition coefficient (Wildman–Crippen LogP) is 6.37. The first-order valence-electron chi connectivity index (χ1n) is 11.4. The van der Waals surface area contributed by atoms with Crippen molar-refractivity contribution >= 4 is 16.8 Å². The first-order chi connectivity index (χ1) is 14.2. The number of aromatic nitrogens is 1. The highest BCUT2D eigenvalue weighted by Gasteiger charge is 2.66. The Balaban J connectivity index is 1.54. The maximum atomic E-state index is 6.70. The first-order valence-corrected chi connectivity index (χ1v) is 11.4. The number of aryl methyl sites for hydroxylation is 1. The third kappa shape index (κ3) is 1.88. The summed E-state index contributed by atoms with van der Waals surface area (Å²) in [4.78, 5) is 7.41. The molecule has 3 heteroatoms. The van der Waals surface area contributed by atoms with Crippen LogP contribution in [-0.4, -0.2) is 4.98 Å². The molecule has 1 aliphatic heterocycles. The van der Waals surface area contributed by atoms with Crippen molar-refractivity contribution < 1.29 is 4.42 Å². The van der Waals surface area contributed by atoms with Crippen molar-refractivity contribution in [2.45, 2.75) is 57.5 Å². The van der Waals surface area contributed by atoms with Crippen LogP contribution in [0.25, 0.3) is 11.1 Å². The van der Waals surface area contributed by atoms with E-state index in [9.17, 15) is 0 Å². The van der Waals surface area contributed by atoms with E-state index in [4.69, 9.17) is 4.42 Å². The Bertz CT molecular complexity index is 1100. The van der Waals surface area contributed by atoms with Crippen molar-refractivity contribution in [3.63, 3.8) is 0 Å². The van der Waals surface area contributed by atoms with Gasteiger partial charge in [0.1, 0.15) is 11.3 Å². The van der Waals surface area contributed by atoms with Gasteiger partial charge in [0, 0.05) is 22.8 Å². The molecule has 4 aliphatic carbocycles. The number of rotatable bonds is 1. The van der Waals surface area contributed by atoms with Gasteiger partial charge in [-0.3, -0.25) is 0 Å². The van der Waals surface area contributed by atoms with Gasteiger partial charge in [0.05, 0.1) is 6.04 Å². The number of hydrogen-bond acceptors (Lipinski definition) is 3. The average Bonchev–Trinajstić information content (AvgIpc) is 3.21. The van der Waals surface area contributed by atoms with Gasteiger partial charge in [-0.2, -0.15) is 0 Å². The topological polar surface area (TPSA) is 29.3 Å². The Morgan fingerprint density at radius 1 is 0.966 bits per heavy atom. The van der Waals surface area contributed by atoms with Crippen LogP contribution in [0, 0.1) is 30.6 Å². The summed E-state index contributed by atoms with van der Waals surface area (Å²) in [5.74, 6) is 4.52. The number of para-hydroxylation sites is 1. The highest BCUT2D eigenvalue weighted by Crippen LogP contribution is 2.69.